The lowest BCUT2D eigenvalue weighted by molar-refractivity contribution is 0.452. The van der Waals surface area contributed by atoms with Gasteiger partial charge in [0.1, 0.15) is 11.3 Å². The standard InChI is InChI=1S/C25H28N4O3S/c1-3-23-20(19-11-7-8-12-24(19)32-23)13-26-22-15-29(14-21(22)18-9-5-4-6-10-18)33(30,31)25-16-28(2)17-27-25/h4-12,16-17,21-22,26H,3,13-15H2,1-2H3/t21-,22+/m1/s1. The second-order valence-corrected chi connectivity index (χ2v) is 10.4. The van der Waals surface area contributed by atoms with Crippen molar-refractivity contribution in [2.75, 3.05) is 13.1 Å². The van der Waals surface area contributed by atoms with Crippen LogP contribution in [0.3, 0.4) is 0 Å². The summed E-state index contributed by atoms with van der Waals surface area (Å²) >= 11 is 0. The van der Waals surface area contributed by atoms with E-state index < -0.39 is 10.0 Å². The fourth-order valence-corrected chi connectivity index (χ4v) is 6.18. The Morgan fingerprint density at radius 3 is 2.58 bits per heavy atom. The number of fused-ring (bicyclic) bond motifs is 1. The predicted molar refractivity (Wildman–Crippen MR) is 127 cm³/mol. The highest BCUT2D eigenvalue weighted by atomic mass is 32.2. The Morgan fingerprint density at radius 1 is 1.09 bits per heavy atom. The Morgan fingerprint density at radius 2 is 1.85 bits per heavy atom. The van der Waals surface area contributed by atoms with E-state index in [2.05, 4.69) is 35.4 Å². The predicted octanol–water partition coefficient (Wildman–Crippen LogP) is 3.68. The van der Waals surface area contributed by atoms with E-state index in [1.54, 1.807) is 22.1 Å². The average molecular weight is 465 g/mol. The second-order valence-electron chi connectivity index (χ2n) is 8.56. The first-order valence-corrected chi connectivity index (χ1v) is 12.7. The molecule has 0 radical (unpaired) electrons. The van der Waals surface area contributed by atoms with Gasteiger partial charge in [-0.25, -0.2) is 13.4 Å². The lowest BCUT2D eigenvalue weighted by atomic mass is 9.94. The van der Waals surface area contributed by atoms with Gasteiger partial charge in [-0.2, -0.15) is 4.31 Å². The largest absolute Gasteiger partial charge is 0.461 e. The number of imidazole rings is 1. The Balaban J connectivity index is 1.44. The number of aromatic nitrogens is 2. The zero-order chi connectivity index (χ0) is 23.0. The van der Waals surface area contributed by atoms with Crippen LogP contribution in [-0.4, -0.2) is 41.4 Å². The smallest absolute Gasteiger partial charge is 0.262 e. The molecule has 2 aromatic heterocycles. The number of hydrogen-bond acceptors (Lipinski definition) is 5. The number of para-hydroxylation sites is 1. The van der Waals surface area contributed by atoms with Crippen molar-refractivity contribution in [3.63, 3.8) is 0 Å². The minimum absolute atomic E-state index is 0.0351. The maximum Gasteiger partial charge on any atom is 0.262 e. The highest BCUT2D eigenvalue weighted by Gasteiger charge is 2.40. The number of nitrogens with one attached hydrogen (secondary N) is 1. The van der Waals surface area contributed by atoms with Crippen molar-refractivity contribution in [2.45, 2.75) is 36.9 Å². The summed E-state index contributed by atoms with van der Waals surface area (Å²) in [5, 5.41) is 4.86. The molecule has 0 unspecified atom stereocenters. The fourth-order valence-electron chi connectivity index (χ4n) is 4.73. The van der Waals surface area contributed by atoms with Crippen molar-refractivity contribution < 1.29 is 12.8 Å². The van der Waals surface area contributed by atoms with E-state index in [0.717, 1.165) is 34.3 Å². The van der Waals surface area contributed by atoms with Crippen molar-refractivity contribution in [1.29, 1.82) is 0 Å². The molecular weight excluding hydrogens is 436 g/mol. The van der Waals surface area contributed by atoms with Crippen LogP contribution < -0.4 is 5.32 Å². The normalized spacial score (nSPS) is 19.5. The topological polar surface area (TPSA) is 80.4 Å². The summed E-state index contributed by atoms with van der Waals surface area (Å²) < 4.78 is 35.8. The van der Waals surface area contributed by atoms with Gasteiger partial charge in [0.05, 0.1) is 6.33 Å². The third-order valence-corrected chi connectivity index (χ3v) is 8.16. The van der Waals surface area contributed by atoms with Gasteiger partial charge in [-0.15, -0.1) is 0 Å². The van der Waals surface area contributed by atoms with Gasteiger partial charge in [-0.05, 0) is 11.6 Å². The molecule has 172 valence electrons. The van der Waals surface area contributed by atoms with E-state index in [1.807, 2.05) is 36.4 Å². The van der Waals surface area contributed by atoms with Gasteiger partial charge < -0.3 is 14.3 Å². The molecule has 3 heterocycles. The first kappa shape index (κ1) is 21.9. The molecule has 2 atom stereocenters. The number of sulfonamides is 1. The molecule has 1 N–H and O–H groups in total. The first-order valence-electron chi connectivity index (χ1n) is 11.2. The lowest BCUT2D eigenvalue weighted by Gasteiger charge is -2.20. The number of rotatable bonds is 7. The van der Waals surface area contributed by atoms with Crippen LogP contribution in [-0.2, 0) is 30.0 Å². The number of benzene rings is 2. The van der Waals surface area contributed by atoms with E-state index in [4.69, 9.17) is 4.42 Å². The molecule has 2 aromatic carbocycles. The molecule has 0 spiro atoms. The van der Waals surface area contributed by atoms with Crippen molar-refractivity contribution in [3.05, 3.63) is 84.0 Å². The van der Waals surface area contributed by atoms with Crippen LogP contribution in [0.5, 0.6) is 0 Å². The summed E-state index contributed by atoms with van der Waals surface area (Å²) in [6.07, 6.45) is 3.88. The van der Waals surface area contributed by atoms with Crippen LogP contribution in [0.1, 0.15) is 29.7 Å². The first-order chi connectivity index (χ1) is 16.0. The number of hydrogen-bond donors (Lipinski definition) is 1. The third kappa shape index (κ3) is 4.10. The summed E-state index contributed by atoms with van der Waals surface area (Å²) in [5.41, 5.74) is 3.16. The molecule has 8 heteroatoms. The van der Waals surface area contributed by atoms with Gasteiger partial charge in [-0.3, -0.25) is 0 Å². The maximum absolute atomic E-state index is 13.3. The van der Waals surface area contributed by atoms with E-state index >= 15 is 0 Å². The Labute approximate surface area is 194 Å². The van der Waals surface area contributed by atoms with Crippen LogP contribution in [0.25, 0.3) is 11.0 Å². The lowest BCUT2D eigenvalue weighted by Crippen LogP contribution is -2.36. The van der Waals surface area contributed by atoms with Gasteiger partial charge >= 0.3 is 0 Å². The van der Waals surface area contributed by atoms with E-state index in [-0.39, 0.29) is 17.0 Å². The Bertz CT molecular complexity index is 1360. The van der Waals surface area contributed by atoms with Crippen LogP contribution in [0, 0.1) is 0 Å². The molecule has 0 bridgehead atoms. The molecule has 0 saturated carbocycles. The number of aryl methyl sites for hydroxylation is 2. The van der Waals surface area contributed by atoms with Crippen LogP contribution >= 0.6 is 0 Å². The van der Waals surface area contributed by atoms with E-state index in [1.165, 1.54) is 6.33 Å². The second kappa shape index (κ2) is 8.78. The summed E-state index contributed by atoms with van der Waals surface area (Å²) in [4.78, 5) is 4.10. The van der Waals surface area contributed by atoms with Gasteiger partial charge in [0, 0.05) is 62.2 Å². The maximum atomic E-state index is 13.3. The average Bonchev–Trinajstić information content (AvgIpc) is 3.55. The van der Waals surface area contributed by atoms with Crippen molar-refractivity contribution in [3.8, 4) is 0 Å². The molecule has 1 fully saturated rings. The Kier molecular flexibility index (Phi) is 5.82. The molecule has 0 aliphatic carbocycles. The van der Waals surface area contributed by atoms with Crippen LogP contribution in [0.15, 0.2) is 76.6 Å². The van der Waals surface area contributed by atoms with Crippen LogP contribution in [0.2, 0.25) is 0 Å². The van der Waals surface area contributed by atoms with Gasteiger partial charge in [0.15, 0.2) is 5.03 Å². The minimum atomic E-state index is -3.67. The highest BCUT2D eigenvalue weighted by molar-refractivity contribution is 7.89. The van der Waals surface area contributed by atoms with E-state index in [9.17, 15) is 8.42 Å². The Hall–Kier alpha value is -2.94. The summed E-state index contributed by atoms with van der Waals surface area (Å²) in [7, 11) is -1.90. The summed E-state index contributed by atoms with van der Waals surface area (Å²) in [6, 6.07) is 18.1. The van der Waals surface area contributed by atoms with Crippen molar-refractivity contribution >= 4 is 21.0 Å². The number of furan rings is 1. The highest BCUT2D eigenvalue weighted by Crippen LogP contribution is 2.32. The van der Waals surface area contributed by atoms with Crippen molar-refractivity contribution in [1.82, 2.24) is 19.2 Å². The monoisotopic (exact) mass is 464 g/mol. The SMILES string of the molecule is CCc1oc2ccccc2c1CN[C@H]1CN(S(=O)(=O)c2cn(C)cn2)C[C@@H]1c1ccccc1. The third-order valence-electron chi connectivity index (χ3n) is 6.44. The molecule has 1 saturated heterocycles. The van der Waals surface area contributed by atoms with Gasteiger partial charge in [0.2, 0.25) is 0 Å². The summed E-state index contributed by atoms with van der Waals surface area (Å²) in [6.45, 7) is 3.50. The van der Waals surface area contributed by atoms with Crippen LogP contribution in [0.4, 0.5) is 0 Å². The molecule has 4 aromatic rings. The summed E-state index contributed by atoms with van der Waals surface area (Å²) in [5.74, 6) is 1.00. The molecule has 1 aliphatic rings. The molecule has 5 rings (SSSR count). The van der Waals surface area contributed by atoms with Gasteiger partial charge in [0.25, 0.3) is 10.0 Å². The van der Waals surface area contributed by atoms with E-state index in [0.29, 0.717) is 19.6 Å². The number of nitrogens with zero attached hydrogens (tertiary/aromatic N) is 3. The molecule has 7 nitrogen and oxygen atoms in total. The molecule has 33 heavy (non-hydrogen) atoms. The fraction of sp³-hybridized carbons (Fsp3) is 0.320. The quantitative estimate of drug-likeness (QED) is 0.451. The zero-order valence-electron chi connectivity index (χ0n) is 18.8. The minimum Gasteiger partial charge on any atom is -0.461 e. The zero-order valence-corrected chi connectivity index (χ0v) is 19.6. The van der Waals surface area contributed by atoms with Gasteiger partial charge in [-0.1, -0.05) is 55.5 Å². The van der Waals surface area contributed by atoms with Crippen molar-refractivity contribution in [2.24, 2.45) is 7.05 Å². The molecule has 0 amide bonds. The molecular formula is C25H28N4O3S. The molecule has 1 aliphatic heterocycles.